The average Bonchev–Trinajstić information content (AvgIpc) is 2.44. The predicted molar refractivity (Wildman–Crippen MR) is 93.1 cm³/mol. The second-order valence-electron chi connectivity index (χ2n) is 6.32. The van der Waals surface area contributed by atoms with Crippen molar-refractivity contribution in [1.82, 2.24) is 0 Å². The normalized spacial score (nSPS) is 12.5. The van der Waals surface area contributed by atoms with Crippen molar-refractivity contribution in [3.63, 3.8) is 0 Å². The molecule has 2 N–H and O–H groups in total. The minimum atomic E-state index is 0.347. The van der Waals surface area contributed by atoms with E-state index in [0.717, 1.165) is 6.42 Å². The van der Waals surface area contributed by atoms with Gasteiger partial charge in [-0.25, -0.2) is 0 Å². The van der Waals surface area contributed by atoms with Crippen molar-refractivity contribution in [2.45, 2.75) is 109 Å². The number of nitrogens with two attached hydrogens (primary N) is 1. The molecule has 0 aromatic heterocycles. The zero-order valence-corrected chi connectivity index (χ0v) is 14.0. The van der Waals surface area contributed by atoms with Gasteiger partial charge in [-0.1, -0.05) is 96.5 Å². The highest BCUT2D eigenvalue weighted by atomic mass is 14.6. The van der Waals surface area contributed by atoms with E-state index in [4.69, 9.17) is 5.73 Å². The van der Waals surface area contributed by atoms with Crippen LogP contribution in [0.3, 0.4) is 0 Å². The molecule has 0 saturated heterocycles. The van der Waals surface area contributed by atoms with E-state index >= 15 is 0 Å². The molecule has 0 radical (unpaired) electrons. The molecule has 0 rings (SSSR count). The van der Waals surface area contributed by atoms with E-state index in [1.54, 1.807) is 0 Å². The summed E-state index contributed by atoms with van der Waals surface area (Å²) in [5.41, 5.74) is 5.95. The van der Waals surface area contributed by atoms with Crippen LogP contribution in [-0.2, 0) is 0 Å². The molecule has 0 aliphatic carbocycles. The Morgan fingerprint density at radius 3 is 1.55 bits per heavy atom. The van der Waals surface area contributed by atoms with Crippen LogP contribution >= 0.6 is 0 Å². The standard InChI is InChI=1S/C19H39N/c1-3-5-6-7-8-9-10-11-12-13-14-15-16-18-19(20)17-4-2/h4,19H,2-3,5-18,20H2,1H3. The molecule has 1 nitrogen and oxygen atoms in total. The summed E-state index contributed by atoms with van der Waals surface area (Å²) in [6, 6.07) is 0.347. The monoisotopic (exact) mass is 281 g/mol. The van der Waals surface area contributed by atoms with Crippen molar-refractivity contribution in [3.8, 4) is 0 Å². The van der Waals surface area contributed by atoms with Crippen molar-refractivity contribution < 1.29 is 0 Å². The fourth-order valence-corrected chi connectivity index (χ4v) is 2.76. The number of rotatable bonds is 16. The third-order valence-corrected chi connectivity index (χ3v) is 4.15. The summed E-state index contributed by atoms with van der Waals surface area (Å²) in [5, 5.41) is 0. The SMILES string of the molecule is C=CCC(N)CCCCCCCCCCCCCCC. The van der Waals surface area contributed by atoms with Gasteiger partial charge in [0.25, 0.3) is 0 Å². The Kier molecular flexibility index (Phi) is 16.5. The third kappa shape index (κ3) is 15.8. The molecule has 0 spiro atoms. The Hall–Kier alpha value is -0.300. The molecule has 120 valence electrons. The minimum Gasteiger partial charge on any atom is -0.327 e. The molecular formula is C19H39N. The van der Waals surface area contributed by atoms with Crippen LogP contribution in [0, 0.1) is 0 Å². The molecule has 0 saturated carbocycles. The molecule has 1 atom stereocenters. The van der Waals surface area contributed by atoms with E-state index in [9.17, 15) is 0 Å². The molecule has 1 unspecified atom stereocenters. The van der Waals surface area contributed by atoms with Gasteiger partial charge in [0.15, 0.2) is 0 Å². The predicted octanol–water partition coefficient (Wildman–Crippen LogP) is 6.37. The van der Waals surface area contributed by atoms with Gasteiger partial charge in [0, 0.05) is 6.04 Å². The van der Waals surface area contributed by atoms with Gasteiger partial charge < -0.3 is 5.73 Å². The first kappa shape index (κ1) is 19.7. The molecule has 0 bridgehead atoms. The highest BCUT2D eigenvalue weighted by molar-refractivity contribution is 4.74. The Labute approximate surface area is 128 Å². The molecule has 0 heterocycles. The fraction of sp³-hybridized carbons (Fsp3) is 0.895. The second kappa shape index (κ2) is 16.8. The van der Waals surface area contributed by atoms with Crippen molar-refractivity contribution in [2.75, 3.05) is 0 Å². The summed E-state index contributed by atoms with van der Waals surface area (Å²) >= 11 is 0. The van der Waals surface area contributed by atoms with Gasteiger partial charge in [-0.3, -0.25) is 0 Å². The zero-order chi connectivity index (χ0) is 14.9. The van der Waals surface area contributed by atoms with Gasteiger partial charge in [0.2, 0.25) is 0 Å². The quantitative estimate of drug-likeness (QED) is 0.258. The van der Waals surface area contributed by atoms with Crippen molar-refractivity contribution in [2.24, 2.45) is 5.73 Å². The van der Waals surface area contributed by atoms with Crippen LogP contribution in [0.15, 0.2) is 12.7 Å². The van der Waals surface area contributed by atoms with E-state index in [2.05, 4.69) is 13.5 Å². The Balaban J connectivity index is 3.01. The van der Waals surface area contributed by atoms with Crippen molar-refractivity contribution in [3.05, 3.63) is 12.7 Å². The Morgan fingerprint density at radius 1 is 0.750 bits per heavy atom. The fourth-order valence-electron chi connectivity index (χ4n) is 2.76. The summed E-state index contributed by atoms with van der Waals surface area (Å²) < 4.78 is 0. The smallest absolute Gasteiger partial charge is 0.00733 e. The summed E-state index contributed by atoms with van der Waals surface area (Å²) in [7, 11) is 0. The first-order valence-corrected chi connectivity index (χ1v) is 9.17. The largest absolute Gasteiger partial charge is 0.327 e. The zero-order valence-electron chi connectivity index (χ0n) is 14.0. The van der Waals surface area contributed by atoms with Crippen LogP contribution in [0.25, 0.3) is 0 Å². The van der Waals surface area contributed by atoms with E-state index in [1.807, 2.05) is 6.08 Å². The molecule has 0 fully saturated rings. The van der Waals surface area contributed by atoms with Crippen LogP contribution in [0.5, 0.6) is 0 Å². The molecule has 0 aromatic rings. The van der Waals surface area contributed by atoms with Gasteiger partial charge in [-0.05, 0) is 12.8 Å². The maximum Gasteiger partial charge on any atom is 0.00733 e. The number of hydrogen-bond donors (Lipinski definition) is 1. The molecule has 0 aliphatic heterocycles. The Morgan fingerprint density at radius 2 is 1.15 bits per heavy atom. The topological polar surface area (TPSA) is 26.0 Å². The van der Waals surface area contributed by atoms with Crippen molar-refractivity contribution >= 4 is 0 Å². The minimum absolute atomic E-state index is 0.347. The highest BCUT2D eigenvalue weighted by Gasteiger charge is 1.99. The molecule has 0 aromatic carbocycles. The van der Waals surface area contributed by atoms with Gasteiger partial charge in [0.05, 0.1) is 0 Å². The summed E-state index contributed by atoms with van der Waals surface area (Å²) in [6.45, 7) is 6.02. The lowest BCUT2D eigenvalue weighted by molar-refractivity contribution is 0.518. The molecule has 1 heteroatoms. The van der Waals surface area contributed by atoms with Gasteiger partial charge in [0.1, 0.15) is 0 Å². The summed E-state index contributed by atoms with van der Waals surface area (Å²) in [5.74, 6) is 0. The van der Waals surface area contributed by atoms with E-state index < -0.39 is 0 Å². The van der Waals surface area contributed by atoms with Crippen LogP contribution in [-0.4, -0.2) is 6.04 Å². The third-order valence-electron chi connectivity index (χ3n) is 4.15. The van der Waals surface area contributed by atoms with Crippen LogP contribution in [0.2, 0.25) is 0 Å². The first-order chi connectivity index (χ1) is 9.81. The highest BCUT2D eigenvalue weighted by Crippen LogP contribution is 2.13. The maximum atomic E-state index is 5.95. The lowest BCUT2D eigenvalue weighted by atomic mass is 10.0. The summed E-state index contributed by atoms with van der Waals surface area (Å²) in [6.07, 6.45) is 22.5. The van der Waals surface area contributed by atoms with Gasteiger partial charge in [-0.2, -0.15) is 0 Å². The number of hydrogen-bond acceptors (Lipinski definition) is 1. The average molecular weight is 282 g/mol. The lowest BCUT2D eigenvalue weighted by Gasteiger charge is -2.08. The van der Waals surface area contributed by atoms with Gasteiger partial charge >= 0.3 is 0 Å². The first-order valence-electron chi connectivity index (χ1n) is 9.17. The van der Waals surface area contributed by atoms with E-state index in [0.29, 0.717) is 6.04 Å². The molecule has 0 amide bonds. The maximum absolute atomic E-state index is 5.95. The van der Waals surface area contributed by atoms with Crippen LogP contribution in [0.4, 0.5) is 0 Å². The molecular weight excluding hydrogens is 242 g/mol. The van der Waals surface area contributed by atoms with E-state index in [-0.39, 0.29) is 0 Å². The van der Waals surface area contributed by atoms with Crippen LogP contribution in [0.1, 0.15) is 103 Å². The van der Waals surface area contributed by atoms with Crippen LogP contribution < -0.4 is 5.73 Å². The summed E-state index contributed by atoms with van der Waals surface area (Å²) in [4.78, 5) is 0. The molecule has 20 heavy (non-hydrogen) atoms. The lowest BCUT2D eigenvalue weighted by Crippen LogP contribution is -2.18. The van der Waals surface area contributed by atoms with Gasteiger partial charge in [-0.15, -0.1) is 6.58 Å². The second-order valence-corrected chi connectivity index (χ2v) is 6.32. The molecule has 0 aliphatic rings. The number of unbranched alkanes of at least 4 members (excludes halogenated alkanes) is 12. The van der Waals surface area contributed by atoms with Crippen molar-refractivity contribution in [1.29, 1.82) is 0 Å². The van der Waals surface area contributed by atoms with E-state index in [1.165, 1.54) is 89.9 Å². The Bertz CT molecular complexity index is 188.